The van der Waals surface area contributed by atoms with E-state index in [-0.39, 0.29) is 18.2 Å². The van der Waals surface area contributed by atoms with Crippen LogP contribution in [0.25, 0.3) is 6.08 Å². The van der Waals surface area contributed by atoms with E-state index in [1.165, 1.54) is 13.2 Å². The third kappa shape index (κ3) is 4.84. The number of hydrogen-bond acceptors (Lipinski definition) is 5. The Labute approximate surface area is 129 Å². The van der Waals surface area contributed by atoms with Crippen molar-refractivity contribution in [1.82, 2.24) is 5.32 Å². The Morgan fingerprint density at radius 3 is 2.64 bits per heavy atom. The van der Waals surface area contributed by atoms with Crippen LogP contribution in [0.15, 0.2) is 23.8 Å². The molecule has 0 bridgehead atoms. The lowest BCUT2D eigenvalue weighted by atomic mass is 10.1. The molecule has 114 valence electrons. The van der Waals surface area contributed by atoms with Gasteiger partial charge >= 0.3 is 0 Å². The van der Waals surface area contributed by atoms with Gasteiger partial charge in [0.2, 0.25) is 0 Å². The van der Waals surface area contributed by atoms with Crippen LogP contribution in [0.3, 0.4) is 0 Å². The van der Waals surface area contributed by atoms with Gasteiger partial charge in [0.05, 0.1) is 7.11 Å². The first-order valence-electron chi connectivity index (χ1n) is 6.62. The van der Waals surface area contributed by atoms with Gasteiger partial charge in [-0.25, -0.2) is 0 Å². The number of hydrogen-bond donors (Lipinski definition) is 1. The summed E-state index contributed by atoms with van der Waals surface area (Å²) < 4.78 is 10.4. The summed E-state index contributed by atoms with van der Waals surface area (Å²) in [6.45, 7) is 3.54. The molecule has 0 spiro atoms. The number of carbonyl (C=O) groups excluding carboxylic acids is 1. The Morgan fingerprint density at radius 2 is 2.09 bits per heavy atom. The van der Waals surface area contributed by atoms with Crippen molar-refractivity contribution in [2.24, 2.45) is 0 Å². The van der Waals surface area contributed by atoms with E-state index in [0.717, 1.165) is 0 Å². The fraction of sp³-hybridized carbons (Fsp3) is 0.312. The van der Waals surface area contributed by atoms with Crippen molar-refractivity contribution >= 4 is 12.0 Å². The number of nitriles is 2. The molecule has 0 saturated carbocycles. The molecule has 0 unspecified atom stereocenters. The molecule has 0 aliphatic heterocycles. The van der Waals surface area contributed by atoms with Crippen molar-refractivity contribution in [3.05, 3.63) is 29.3 Å². The minimum atomic E-state index is -0.429. The van der Waals surface area contributed by atoms with Crippen molar-refractivity contribution in [3.8, 4) is 23.6 Å². The zero-order chi connectivity index (χ0) is 16.5. The molecule has 0 atom stereocenters. The van der Waals surface area contributed by atoms with Crippen molar-refractivity contribution in [2.45, 2.75) is 19.9 Å². The molecule has 0 aromatic heterocycles. The van der Waals surface area contributed by atoms with Gasteiger partial charge in [-0.3, -0.25) is 4.79 Å². The van der Waals surface area contributed by atoms with Crippen molar-refractivity contribution < 1.29 is 14.3 Å². The standard InChI is InChI=1S/C16H17N3O3/c1-11(2)19-16(20)13(10-18)8-12-4-5-14(22-7-6-17)15(9-12)21-3/h4-5,8-9,11H,7H2,1-3H3,(H,19,20)/b13-8-. The molecule has 1 aromatic rings. The van der Waals surface area contributed by atoms with Gasteiger partial charge in [0.25, 0.3) is 5.91 Å². The fourth-order valence-corrected chi connectivity index (χ4v) is 1.66. The highest BCUT2D eigenvalue weighted by molar-refractivity contribution is 6.01. The number of benzene rings is 1. The van der Waals surface area contributed by atoms with Crippen molar-refractivity contribution in [3.63, 3.8) is 0 Å². The number of amides is 1. The second-order valence-corrected chi connectivity index (χ2v) is 4.66. The SMILES string of the molecule is COc1cc(/C=C(/C#N)C(=O)NC(C)C)ccc1OCC#N. The number of rotatable bonds is 6. The zero-order valence-electron chi connectivity index (χ0n) is 12.7. The van der Waals surface area contributed by atoms with Crippen LogP contribution >= 0.6 is 0 Å². The fourth-order valence-electron chi connectivity index (χ4n) is 1.66. The third-order valence-corrected chi connectivity index (χ3v) is 2.58. The first kappa shape index (κ1) is 17.1. The van der Waals surface area contributed by atoms with E-state index in [9.17, 15) is 4.79 Å². The molecule has 0 saturated heterocycles. The third-order valence-electron chi connectivity index (χ3n) is 2.58. The van der Waals surface area contributed by atoms with Gasteiger partial charge in [-0.1, -0.05) is 6.07 Å². The van der Waals surface area contributed by atoms with Crippen LogP contribution in [0.2, 0.25) is 0 Å². The predicted octanol–water partition coefficient (Wildman–Crippen LogP) is 2.03. The first-order chi connectivity index (χ1) is 10.5. The molecule has 6 nitrogen and oxygen atoms in total. The maximum Gasteiger partial charge on any atom is 0.262 e. The average Bonchev–Trinajstić information content (AvgIpc) is 2.50. The highest BCUT2D eigenvalue weighted by Crippen LogP contribution is 2.28. The van der Waals surface area contributed by atoms with Gasteiger partial charge < -0.3 is 14.8 Å². The minimum Gasteiger partial charge on any atom is -0.493 e. The number of ether oxygens (including phenoxy) is 2. The normalized spacial score (nSPS) is 10.5. The van der Waals surface area contributed by atoms with Crippen LogP contribution in [-0.4, -0.2) is 25.7 Å². The summed E-state index contributed by atoms with van der Waals surface area (Å²) in [4.78, 5) is 11.9. The average molecular weight is 299 g/mol. The molecule has 1 rings (SSSR count). The van der Waals surface area contributed by atoms with E-state index in [1.807, 2.05) is 26.0 Å². The Kier molecular flexibility index (Phi) is 6.46. The number of carbonyl (C=O) groups is 1. The van der Waals surface area contributed by atoms with Gasteiger partial charge in [-0.2, -0.15) is 10.5 Å². The summed E-state index contributed by atoms with van der Waals surface area (Å²) in [5.41, 5.74) is 0.623. The summed E-state index contributed by atoms with van der Waals surface area (Å²) >= 11 is 0. The molecule has 0 aliphatic rings. The zero-order valence-corrected chi connectivity index (χ0v) is 12.7. The van der Waals surface area contributed by atoms with Gasteiger partial charge in [0, 0.05) is 6.04 Å². The van der Waals surface area contributed by atoms with Crippen molar-refractivity contribution in [2.75, 3.05) is 13.7 Å². The predicted molar refractivity (Wildman–Crippen MR) is 81.0 cm³/mol. The summed E-state index contributed by atoms with van der Waals surface area (Å²) in [6.07, 6.45) is 1.47. The molecule has 22 heavy (non-hydrogen) atoms. The molecule has 1 amide bonds. The highest BCUT2D eigenvalue weighted by Gasteiger charge is 2.11. The monoisotopic (exact) mass is 299 g/mol. The van der Waals surface area contributed by atoms with Gasteiger partial charge in [0.15, 0.2) is 18.1 Å². The maximum absolute atomic E-state index is 11.9. The molecular formula is C16H17N3O3. The Morgan fingerprint density at radius 1 is 1.36 bits per heavy atom. The Hall–Kier alpha value is -2.99. The smallest absolute Gasteiger partial charge is 0.262 e. The van der Waals surface area contributed by atoms with Gasteiger partial charge in [-0.15, -0.1) is 0 Å². The highest BCUT2D eigenvalue weighted by atomic mass is 16.5. The van der Waals surface area contributed by atoms with Gasteiger partial charge in [0.1, 0.15) is 17.7 Å². The molecule has 0 aliphatic carbocycles. The van der Waals surface area contributed by atoms with E-state index in [1.54, 1.807) is 18.2 Å². The van der Waals surface area contributed by atoms with Crippen LogP contribution in [0, 0.1) is 22.7 Å². The molecular weight excluding hydrogens is 282 g/mol. The number of nitrogens with one attached hydrogen (secondary N) is 1. The largest absolute Gasteiger partial charge is 0.493 e. The van der Waals surface area contributed by atoms with Gasteiger partial charge in [-0.05, 0) is 37.6 Å². The summed E-state index contributed by atoms with van der Waals surface area (Å²) in [5, 5.41) is 20.3. The van der Waals surface area contributed by atoms with Crippen molar-refractivity contribution in [1.29, 1.82) is 10.5 Å². The van der Waals surface area contributed by atoms with Crippen LogP contribution in [-0.2, 0) is 4.79 Å². The molecule has 1 aromatic carbocycles. The molecule has 6 heteroatoms. The minimum absolute atomic E-state index is 0.00134. The van der Waals surface area contributed by atoms with E-state index in [4.69, 9.17) is 20.0 Å². The lowest BCUT2D eigenvalue weighted by molar-refractivity contribution is -0.117. The lowest BCUT2D eigenvalue weighted by Gasteiger charge is -2.10. The topological polar surface area (TPSA) is 95.1 Å². The Bertz CT molecular complexity index is 652. The van der Waals surface area contributed by atoms with Crippen LogP contribution in [0.1, 0.15) is 19.4 Å². The summed E-state index contributed by atoms with van der Waals surface area (Å²) in [7, 11) is 1.47. The molecule has 0 fully saturated rings. The molecule has 1 N–H and O–H groups in total. The maximum atomic E-state index is 11.9. The first-order valence-corrected chi connectivity index (χ1v) is 6.62. The van der Waals surface area contributed by atoms with E-state index in [0.29, 0.717) is 17.1 Å². The quantitative estimate of drug-likeness (QED) is 0.640. The second kappa shape index (κ2) is 8.33. The molecule has 0 radical (unpaired) electrons. The van der Waals surface area contributed by atoms with Crippen LogP contribution < -0.4 is 14.8 Å². The molecule has 0 heterocycles. The number of methoxy groups -OCH3 is 1. The van der Waals surface area contributed by atoms with E-state index in [2.05, 4.69) is 5.32 Å². The summed E-state index contributed by atoms with van der Waals surface area (Å²) in [5.74, 6) is 0.415. The Balaban J connectivity index is 3.06. The number of nitrogens with zero attached hydrogens (tertiary/aromatic N) is 2. The van der Waals surface area contributed by atoms with Crippen LogP contribution in [0.5, 0.6) is 11.5 Å². The van der Waals surface area contributed by atoms with E-state index < -0.39 is 5.91 Å². The second-order valence-electron chi connectivity index (χ2n) is 4.66. The lowest BCUT2D eigenvalue weighted by Crippen LogP contribution is -2.30. The summed E-state index contributed by atoms with van der Waals surface area (Å²) in [6, 6.07) is 8.62. The van der Waals surface area contributed by atoms with E-state index >= 15 is 0 Å². The van der Waals surface area contributed by atoms with Crippen LogP contribution in [0.4, 0.5) is 0 Å².